The van der Waals surface area contributed by atoms with Gasteiger partial charge in [0.1, 0.15) is 5.78 Å². The highest BCUT2D eigenvalue weighted by atomic mass is 16.1. The Morgan fingerprint density at radius 2 is 2.00 bits per heavy atom. The van der Waals surface area contributed by atoms with Crippen molar-refractivity contribution < 1.29 is 4.79 Å². The molecular weight excluding hydrogens is 220 g/mol. The highest BCUT2D eigenvalue weighted by molar-refractivity contribution is 5.81. The van der Waals surface area contributed by atoms with Crippen molar-refractivity contribution in [2.45, 2.75) is 58.8 Å². The minimum absolute atomic E-state index is 0.360. The third-order valence-electron chi connectivity index (χ3n) is 7.36. The lowest BCUT2D eigenvalue weighted by Crippen LogP contribution is -2.34. The summed E-state index contributed by atoms with van der Waals surface area (Å²) in [6, 6.07) is 0. The van der Waals surface area contributed by atoms with Crippen molar-refractivity contribution in [1.82, 2.24) is 0 Å². The largest absolute Gasteiger partial charge is 0.299 e. The number of fused-ring (bicyclic) bond motifs is 2. The third kappa shape index (κ3) is 1.31. The first-order valence-electron chi connectivity index (χ1n) is 8.16. The number of ketones is 1. The Morgan fingerprint density at radius 3 is 2.83 bits per heavy atom. The number of hydrogen-bond acceptors (Lipinski definition) is 1. The van der Waals surface area contributed by atoms with Crippen LogP contribution in [0, 0.1) is 40.9 Å². The van der Waals surface area contributed by atoms with Crippen LogP contribution in [0.5, 0.6) is 0 Å². The fourth-order valence-corrected chi connectivity index (χ4v) is 6.31. The number of rotatable bonds is 0. The van der Waals surface area contributed by atoms with Gasteiger partial charge in [-0.15, -0.1) is 0 Å². The van der Waals surface area contributed by atoms with Crippen molar-refractivity contribution in [2.24, 2.45) is 40.9 Å². The van der Waals surface area contributed by atoms with Gasteiger partial charge in [0.2, 0.25) is 0 Å². The molecule has 0 bridgehead atoms. The molecule has 18 heavy (non-hydrogen) atoms. The van der Waals surface area contributed by atoms with E-state index < -0.39 is 0 Å². The Kier molecular flexibility index (Phi) is 2.31. The van der Waals surface area contributed by atoms with Crippen LogP contribution in [0.2, 0.25) is 0 Å². The predicted octanol–water partition coefficient (Wildman–Crippen LogP) is 4.06. The Bertz CT molecular complexity index is 387. The minimum atomic E-state index is 0.360. The van der Waals surface area contributed by atoms with E-state index in [4.69, 9.17) is 0 Å². The zero-order chi connectivity index (χ0) is 12.5. The van der Waals surface area contributed by atoms with Crippen LogP contribution < -0.4 is 0 Å². The van der Waals surface area contributed by atoms with Crippen molar-refractivity contribution in [2.75, 3.05) is 0 Å². The molecule has 100 valence electrons. The van der Waals surface area contributed by atoms with Gasteiger partial charge in [-0.2, -0.15) is 0 Å². The molecule has 0 amide bonds. The summed E-state index contributed by atoms with van der Waals surface area (Å²) < 4.78 is 0. The van der Waals surface area contributed by atoms with Gasteiger partial charge in [0, 0.05) is 12.3 Å². The van der Waals surface area contributed by atoms with Crippen molar-refractivity contribution >= 4 is 5.78 Å². The van der Waals surface area contributed by atoms with Gasteiger partial charge in [-0.25, -0.2) is 0 Å². The van der Waals surface area contributed by atoms with Gasteiger partial charge in [-0.3, -0.25) is 4.79 Å². The molecule has 0 aromatic rings. The molecule has 4 aliphatic rings. The molecule has 4 aliphatic carbocycles. The van der Waals surface area contributed by atoms with Crippen LogP contribution in [0.15, 0.2) is 0 Å². The Balaban J connectivity index is 1.72. The molecule has 0 aromatic heterocycles. The van der Waals surface area contributed by atoms with Gasteiger partial charge >= 0.3 is 0 Å². The summed E-state index contributed by atoms with van der Waals surface area (Å²) in [4.78, 5) is 12.5. The van der Waals surface area contributed by atoms with E-state index in [0.717, 1.165) is 36.0 Å². The average molecular weight is 246 g/mol. The van der Waals surface area contributed by atoms with E-state index in [1.165, 1.54) is 38.5 Å². The lowest BCUT2D eigenvalue weighted by Gasteiger charge is -2.34. The fourth-order valence-electron chi connectivity index (χ4n) is 6.31. The van der Waals surface area contributed by atoms with E-state index in [1.807, 2.05) is 0 Å². The van der Waals surface area contributed by atoms with Gasteiger partial charge in [0.15, 0.2) is 0 Å². The zero-order valence-electron chi connectivity index (χ0n) is 11.8. The second kappa shape index (κ2) is 3.61. The maximum atomic E-state index is 12.5. The van der Waals surface area contributed by atoms with Gasteiger partial charge in [0.25, 0.3) is 0 Å². The third-order valence-corrected chi connectivity index (χ3v) is 7.36. The second-order valence-electron chi connectivity index (χ2n) is 7.89. The number of carbonyl (C=O) groups is 1. The maximum absolute atomic E-state index is 12.5. The summed E-state index contributed by atoms with van der Waals surface area (Å²) in [6.45, 7) is 4.70. The molecule has 0 aromatic carbocycles. The second-order valence-corrected chi connectivity index (χ2v) is 7.89. The first kappa shape index (κ1) is 11.5. The summed E-state index contributed by atoms with van der Waals surface area (Å²) >= 11 is 0. The molecule has 1 heteroatoms. The van der Waals surface area contributed by atoms with Crippen LogP contribution in [0.4, 0.5) is 0 Å². The smallest absolute Gasteiger partial charge is 0.136 e. The molecule has 4 rings (SSSR count). The van der Waals surface area contributed by atoms with Crippen LogP contribution in [-0.2, 0) is 4.79 Å². The summed E-state index contributed by atoms with van der Waals surface area (Å²) in [6.07, 6.45) is 9.30. The molecule has 4 fully saturated rings. The normalized spacial score (nSPS) is 58.4. The number of carbonyl (C=O) groups excluding carboxylic acids is 1. The molecule has 0 heterocycles. The summed E-state index contributed by atoms with van der Waals surface area (Å²) in [5.74, 6) is 5.25. The zero-order valence-corrected chi connectivity index (χ0v) is 11.8. The molecule has 0 unspecified atom stereocenters. The highest BCUT2D eigenvalue weighted by Crippen LogP contribution is 2.73. The average Bonchev–Trinajstić information content (AvgIpc) is 2.70. The molecule has 0 N–H and O–H groups in total. The van der Waals surface area contributed by atoms with Crippen LogP contribution >= 0.6 is 0 Å². The Hall–Kier alpha value is -0.330. The molecule has 7 atom stereocenters. The quantitative estimate of drug-likeness (QED) is 0.630. The first-order chi connectivity index (χ1) is 8.63. The van der Waals surface area contributed by atoms with Gasteiger partial charge in [-0.1, -0.05) is 26.7 Å². The fraction of sp³-hybridized carbons (Fsp3) is 0.941. The van der Waals surface area contributed by atoms with Gasteiger partial charge in [0.05, 0.1) is 0 Å². The van der Waals surface area contributed by atoms with E-state index in [1.54, 1.807) is 0 Å². The van der Waals surface area contributed by atoms with E-state index in [0.29, 0.717) is 17.1 Å². The monoisotopic (exact) mass is 246 g/mol. The van der Waals surface area contributed by atoms with Crippen molar-refractivity contribution in [3.8, 4) is 0 Å². The van der Waals surface area contributed by atoms with Crippen LogP contribution in [0.1, 0.15) is 58.8 Å². The molecule has 0 radical (unpaired) electrons. The molecule has 1 spiro atoms. The minimum Gasteiger partial charge on any atom is -0.299 e. The Morgan fingerprint density at radius 1 is 1.17 bits per heavy atom. The van der Waals surface area contributed by atoms with E-state index in [2.05, 4.69) is 13.8 Å². The van der Waals surface area contributed by atoms with Crippen molar-refractivity contribution in [1.29, 1.82) is 0 Å². The topological polar surface area (TPSA) is 17.1 Å². The summed E-state index contributed by atoms with van der Waals surface area (Å²) in [5, 5.41) is 0. The lowest BCUT2D eigenvalue weighted by atomic mass is 9.69. The van der Waals surface area contributed by atoms with Crippen LogP contribution in [0.3, 0.4) is 0 Å². The molecule has 0 aliphatic heterocycles. The SMILES string of the molecule is C[C@@H]1CC[C@@H]2[C@H]1[C@H]1C[C@]13CCC[C@@H]3CC(=O)[C@H]2C. The number of hydrogen-bond donors (Lipinski definition) is 0. The Labute approximate surface area is 111 Å². The van der Waals surface area contributed by atoms with Gasteiger partial charge in [-0.05, 0) is 60.7 Å². The molecule has 1 nitrogen and oxygen atoms in total. The molecular formula is C17H26O. The van der Waals surface area contributed by atoms with E-state index in [-0.39, 0.29) is 0 Å². The van der Waals surface area contributed by atoms with Crippen molar-refractivity contribution in [3.05, 3.63) is 0 Å². The molecule has 0 saturated heterocycles. The van der Waals surface area contributed by atoms with Gasteiger partial charge < -0.3 is 0 Å². The standard InChI is InChI=1S/C17H26O/c1-10-5-6-13-11(2)15(18)8-12-4-3-7-17(12)9-14(17)16(10)13/h10-14,16H,3-9H2,1-2H3/t10-,11+,12-,13+,14-,16+,17+/m1/s1. The predicted molar refractivity (Wildman–Crippen MR) is 72.0 cm³/mol. The van der Waals surface area contributed by atoms with E-state index >= 15 is 0 Å². The van der Waals surface area contributed by atoms with Crippen LogP contribution in [0.25, 0.3) is 0 Å². The summed E-state index contributed by atoms with van der Waals surface area (Å²) in [7, 11) is 0. The highest BCUT2D eigenvalue weighted by Gasteiger charge is 2.66. The number of Topliss-reactive ketones (excluding diaryl/α,β-unsaturated/α-hetero) is 1. The summed E-state index contributed by atoms with van der Waals surface area (Å²) in [5.41, 5.74) is 0.650. The first-order valence-corrected chi connectivity index (χ1v) is 8.16. The molecule has 4 saturated carbocycles. The lowest BCUT2D eigenvalue weighted by molar-refractivity contribution is -0.127. The van der Waals surface area contributed by atoms with Crippen LogP contribution in [-0.4, -0.2) is 5.78 Å². The maximum Gasteiger partial charge on any atom is 0.136 e. The van der Waals surface area contributed by atoms with Crippen molar-refractivity contribution in [3.63, 3.8) is 0 Å². The van der Waals surface area contributed by atoms with E-state index in [9.17, 15) is 4.79 Å².